The van der Waals surface area contributed by atoms with Crippen LogP contribution in [0.2, 0.25) is 0 Å². The Labute approximate surface area is 135 Å². The zero-order valence-corrected chi connectivity index (χ0v) is 12.7. The van der Waals surface area contributed by atoms with Crippen LogP contribution >= 0.6 is 0 Å². The molecule has 2 aromatic rings. The Kier molecular flexibility index (Phi) is 4.57. The summed E-state index contributed by atoms with van der Waals surface area (Å²) in [5.74, 6) is 0.232. The number of nitrogens with zero attached hydrogens (tertiary/aromatic N) is 1. The summed E-state index contributed by atoms with van der Waals surface area (Å²) in [7, 11) is 0. The van der Waals surface area contributed by atoms with Crippen molar-refractivity contribution in [2.45, 2.75) is 6.42 Å². The number of nitrogens with one attached hydrogen (secondary N) is 2. The quantitative estimate of drug-likeness (QED) is 0.912. The van der Waals surface area contributed by atoms with E-state index in [0.29, 0.717) is 19.5 Å². The Morgan fingerprint density at radius 2 is 1.70 bits per heavy atom. The lowest BCUT2D eigenvalue weighted by Crippen LogP contribution is -2.34. The average molecular weight is 309 g/mol. The SMILES string of the molecule is O=C(NCC1CC(=O)N(c2ccccc2)C1)Nc1ccccc1. The van der Waals surface area contributed by atoms with E-state index in [0.717, 1.165) is 11.4 Å². The Morgan fingerprint density at radius 1 is 1.04 bits per heavy atom. The molecule has 0 radical (unpaired) electrons. The predicted molar refractivity (Wildman–Crippen MR) is 90.4 cm³/mol. The summed E-state index contributed by atoms with van der Waals surface area (Å²) in [5, 5.41) is 5.61. The van der Waals surface area contributed by atoms with Crippen molar-refractivity contribution in [2.75, 3.05) is 23.3 Å². The van der Waals surface area contributed by atoms with Crippen molar-refractivity contribution in [3.63, 3.8) is 0 Å². The van der Waals surface area contributed by atoms with Gasteiger partial charge in [-0.3, -0.25) is 4.79 Å². The average Bonchev–Trinajstić information content (AvgIpc) is 2.96. The smallest absolute Gasteiger partial charge is 0.319 e. The van der Waals surface area contributed by atoms with Gasteiger partial charge in [0.05, 0.1) is 0 Å². The first-order valence-electron chi connectivity index (χ1n) is 7.67. The van der Waals surface area contributed by atoms with Gasteiger partial charge >= 0.3 is 6.03 Å². The molecule has 0 aliphatic carbocycles. The molecule has 0 spiro atoms. The van der Waals surface area contributed by atoms with E-state index < -0.39 is 0 Å². The number of hydrogen-bond acceptors (Lipinski definition) is 2. The largest absolute Gasteiger partial charge is 0.338 e. The van der Waals surface area contributed by atoms with E-state index in [2.05, 4.69) is 10.6 Å². The summed E-state index contributed by atoms with van der Waals surface area (Å²) in [6, 6.07) is 18.6. The van der Waals surface area contributed by atoms with Crippen LogP contribution in [0.4, 0.5) is 16.2 Å². The minimum Gasteiger partial charge on any atom is -0.338 e. The molecule has 2 N–H and O–H groups in total. The first kappa shape index (κ1) is 15.1. The molecule has 5 heteroatoms. The highest BCUT2D eigenvalue weighted by Gasteiger charge is 2.30. The lowest BCUT2D eigenvalue weighted by molar-refractivity contribution is -0.117. The minimum atomic E-state index is -0.248. The highest BCUT2D eigenvalue weighted by molar-refractivity contribution is 5.96. The summed E-state index contributed by atoms with van der Waals surface area (Å²) in [4.78, 5) is 25.8. The molecule has 3 rings (SSSR count). The maximum atomic E-state index is 12.1. The Bertz CT molecular complexity index is 673. The van der Waals surface area contributed by atoms with Crippen LogP contribution in [0.15, 0.2) is 60.7 Å². The second kappa shape index (κ2) is 6.96. The van der Waals surface area contributed by atoms with Crippen LogP contribution in [0.5, 0.6) is 0 Å². The number of para-hydroxylation sites is 2. The van der Waals surface area contributed by atoms with Gasteiger partial charge in [0.2, 0.25) is 5.91 Å². The summed E-state index contributed by atoms with van der Waals surface area (Å²) >= 11 is 0. The first-order valence-corrected chi connectivity index (χ1v) is 7.67. The second-order valence-corrected chi connectivity index (χ2v) is 5.61. The van der Waals surface area contributed by atoms with E-state index >= 15 is 0 Å². The van der Waals surface area contributed by atoms with E-state index in [4.69, 9.17) is 0 Å². The van der Waals surface area contributed by atoms with Crippen LogP contribution in [0, 0.1) is 5.92 Å². The number of carbonyl (C=O) groups is 2. The molecule has 0 aromatic heterocycles. The molecule has 1 fully saturated rings. The molecule has 2 aromatic carbocycles. The van der Waals surface area contributed by atoms with Crippen molar-refractivity contribution in [3.05, 3.63) is 60.7 Å². The molecular formula is C18H19N3O2. The van der Waals surface area contributed by atoms with Gasteiger partial charge in [0.15, 0.2) is 0 Å². The summed E-state index contributed by atoms with van der Waals surface area (Å²) in [6.45, 7) is 1.11. The number of urea groups is 1. The molecular weight excluding hydrogens is 290 g/mol. The summed E-state index contributed by atoms with van der Waals surface area (Å²) in [5.41, 5.74) is 1.66. The monoisotopic (exact) mass is 309 g/mol. The third kappa shape index (κ3) is 3.88. The van der Waals surface area contributed by atoms with E-state index in [1.165, 1.54) is 0 Å². The molecule has 1 aliphatic heterocycles. The fourth-order valence-electron chi connectivity index (χ4n) is 2.71. The van der Waals surface area contributed by atoms with Gasteiger partial charge in [-0.05, 0) is 24.3 Å². The fourth-order valence-corrected chi connectivity index (χ4v) is 2.71. The Hall–Kier alpha value is -2.82. The number of hydrogen-bond donors (Lipinski definition) is 2. The molecule has 1 atom stereocenters. The molecule has 1 unspecified atom stereocenters. The van der Waals surface area contributed by atoms with E-state index in [1.807, 2.05) is 60.7 Å². The first-order chi connectivity index (χ1) is 11.2. The lowest BCUT2D eigenvalue weighted by Gasteiger charge is -2.17. The number of benzene rings is 2. The van der Waals surface area contributed by atoms with Gasteiger partial charge in [0, 0.05) is 36.8 Å². The fraction of sp³-hybridized carbons (Fsp3) is 0.222. The van der Waals surface area contributed by atoms with Crippen molar-refractivity contribution in [2.24, 2.45) is 5.92 Å². The van der Waals surface area contributed by atoms with Crippen molar-refractivity contribution in [1.29, 1.82) is 0 Å². The van der Waals surface area contributed by atoms with Gasteiger partial charge in [-0.15, -0.1) is 0 Å². The van der Waals surface area contributed by atoms with Gasteiger partial charge in [-0.1, -0.05) is 36.4 Å². The molecule has 5 nitrogen and oxygen atoms in total. The van der Waals surface area contributed by atoms with Gasteiger partial charge in [-0.25, -0.2) is 4.79 Å². The van der Waals surface area contributed by atoms with E-state index in [1.54, 1.807) is 4.90 Å². The zero-order valence-electron chi connectivity index (χ0n) is 12.7. The summed E-state index contributed by atoms with van der Waals surface area (Å²) in [6.07, 6.45) is 0.459. The number of carbonyl (C=O) groups excluding carboxylic acids is 2. The van der Waals surface area contributed by atoms with Crippen molar-refractivity contribution >= 4 is 23.3 Å². The molecule has 0 bridgehead atoms. The van der Waals surface area contributed by atoms with Crippen LogP contribution in [-0.2, 0) is 4.79 Å². The Balaban J connectivity index is 1.50. The maximum Gasteiger partial charge on any atom is 0.319 e. The zero-order chi connectivity index (χ0) is 16.1. The molecule has 118 valence electrons. The number of anilines is 2. The molecule has 23 heavy (non-hydrogen) atoms. The van der Waals surface area contributed by atoms with Gasteiger partial charge in [0.25, 0.3) is 0 Å². The normalized spacial score (nSPS) is 17.1. The highest BCUT2D eigenvalue weighted by atomic mass is 16.2. The van der Waals surface area contributed by atoms with Crippen molar-refractivity contribution in [1.82, 2.24) is 5.32 Å². The van der Waals surface area contributed by atoms with Crippen LogP contribution in [0.25, 0.3) is 0 Å². The van der Waals surface area contributed by atoms with Crippen LogP contribution in [0.3, 0.4) is 0 Å². The van der Waals surface area contributed by atoms with Crippen molar-refractivity contribution in [3.8, 4) is 0 Å². The standard InChI is InChI=1S/C18H19N3O2/c22-17-11-14(13-21(17)16-9-5-2-6-10-16)12-19-18(23)20-15-7-3-1-4-8-15/h1-10,14H,11-13H2,(H2,19,20,23). The Morgan fingerprint density at radius 3 is 2.39 bits per heavy atom. The van der Waals surface area contributed by atoms with Crippen LogP contribution in [-0.4, -0.2) is 25.0 Å². The third-order valence-corrected chi connectivity index (χ3v) is 3.86. The molecule has 3 amide bonds. The van der Waals surface area contributed by atoms with E-state index in [-0.39, 0.29) is 17.9 Å². The topological polar surface area (TPSA) is 61.4 Å². The number of amides is 3. The van der Waals surface area contributed by atoms with Crippen LogP contribution < -0.4 is 15.5 Å². The molecule has 0 saturated carbocycles. The van der Waals surface area contributed by atoms with Gasteiger partial charge in [-0.2, -0.15) is 0 Å². The third-order valence-electron chi connectivity index (χ3n) is 3.86. The lowest BCUT2D eigenvalue weighted by atomic mass is 10.1. The molecule has 1 aliphatic rings. The number of rotatable bonds is 4. The van der Waals surface area contributed by atoms with Gasteiger partial charge < -0.3 is 15.5 Å². The molecule has 1 heterocycles. The van der Waals surface area contributed by atoms with E-state index in [9.17, 15) is 9.59 Å². The highest BCUT2D eigenvalue weighted by Crippen LogP contribution is 2.24. The second-order valence-electron chi connectivity index (χ2n) is 5.61. The van der Waals surface area contributed by atoms with Crippen LogP contribution in [0.1, 0.15) is 6.42 Å². The molecule has 1 saturated heterocycles. The predicted octanol–water partition coefficient (Wildman–Crippen LogP) is 2.86. The van der Waals surface area contributed by atoms with Gasteiger partial charge in [0.1, 0.15) is 0 Å². The summed E-state index contributed by atoms with van der Waals surface area (Å²) < 4.78 is 0. The van der Waals surface area contributed by atoms with Crippen molar-refractivity contribution < 1.29 is 9.59 Å². The maximum absolute atomic E-state index is 12.1. The minimum absolute atomic E-state index is 0.103.